The van der Waals surface area contributed by atoms with Crippen molar-refractivity contribution in [2.45, 2.75) is 18.7 Å². The molecule has 0 unspecified atom stereocenters. The van der Waals surface area contributed by atoms with Crippen molar-refractivity contribution in [3.05, 3.63) is 66.5 Å². The molecule has 0 N–H and O–H groups in total. The second-order valence-electron chi connectivity index (χ2n) is 7.67. The molecule has 0 bridgehead atoms. The van der Waals surface area contributed by atoms with Crippen LogP contribution < -0.4 is 9.47 Å². The van der Waals surface area contributed by atoms with Gasteiger partial charge in [-0.15, -0.1) is 0 Å². The molecule has 3 aromatic rings. The minimum atomic E-state index is -3.73. The number of rotatable bonds is 8. The van der Waals surface area contributed by atoms with Crippen LogP contribution in [0.2, 0.25) is 0 Å². The van der Waals surface area contributed by atoms with Crippen LogP contribution in [0.5, 0.6) is 11.5 Å². The number of carbonyl (C=O) groups excluding carboxylic acids is 1. The highest BCUT2D eigenvalue weighted by atomic mass is 32.2. The number of carbonyl (C=O) groups is 1. The number of sulfonamides is 1. The van der Waals surface area contributed by atoms with E-state index < -0.39 is 10.0 Å². The summed E-state index contributed by atoms with van der Waals surface area (Å²) in [6.07, 6.45) is 3.52. The third kappa shape index (κ3) is 4.92. The molecule has 1 saturated heterocycles. The van der Waals surface area contributed by atoms with Crippen molar-refractivity contribution in [1.29, 1.82) is 0 Å². The molecule has 180 valence electrons. The molecule has 4 rings (SSSR count). The molecule has 34 heavy (non-hydrogen) atoms. The van der Waals surface area contributed by atoms with E-state index in [1.807, 2.05) is 38.2 Å². The van der Waals surface area contributed by atoms with Gasteiger partial charge in [-0.2, -0.15) is 9.40 Å². The van der Waals surface area contributed by atoms with Gasteiger partial charge in [-0.1, -0.05) is 0 Å². The van der Waals surface area contributed by atoms with E-state index in [9.17, 15) is 13.2 Å². The molecular weight excluding hydrogens is 456 g/mol. The highest BCUT2D eigenvalue weighted by Gasteiger charge is 2.31. The first kappa shape index (κ1) is 23.8. The molecule has 1 amide bonds. The highest BCUT2D eigenvalue weighted by molar-refractivity contribution is 7.89. The van der Waals surface area contributed by atoms with Crippen LogP contribution >= 0.6 is 0 Å². The molecule has 0 radical (unpaired) electrons. The van der Waals surface area contributed by atoms with Gasteiger partial charge in [0, 0.05) is 50.2 Å². The van der Waals surface area contributed by atoms with Crippen molar-refractivity contribution in [3.63, 3.8) is 0 Å². The van der Waals surface area contributed by atoms with Gasteiger partial charge in [-0.3, -0.25) is 4.79 Å². The molecule has 9 nitrogen and oxygen atoms in total. The van der Waals surface area contributed by atoms with Crippen LogP contribution in [0.15, 0.2) is 65.8 Å². The number of nitrogens with zero attached hydrogens (tertiary/aromatic N) is 4. The zero-order valence-electron chi connectivity index (χ0n) is 19.3. The predicted octanol–water partition coefficient (Wildman–Crippen LogP) is 2.82. The maximum atomic E-state index is 13.2. The fraction of sp³-hybridized carbons (Fsp3) is 0.333. The first-order chi connectivity index (χ1) is 16.4. The second-order valence-corrected chi connectivity index (χ2v) is 9.61. The summed E-state index contributed by atoms with van der Waals surface area (Å²) in [5.74, 6) is 0.791. The van der Waals surface area contributed by atoms with Crippen molar-refractivity contribution in [2.24, 2.45) is 0 Å². The van der Waals surface area contributed by atoms with Gasteiger partial charge in [0.15, 0.2) is 11.5 Å². The van der Waals surface area contributed by atoms with Gasteiger partial charge >= 0.3 is 0 Å². The molecule has 10 heteroatoms. The van der Waals surface area contributed by atoms with Gasteiger partial charge in [0.1, 0.15) is 0 Å². The van der Waals surface area contributed by atoms with E-state index in [-0.39, 0.29) is 23.9 Å². The monoisotopic (exact) mass is 484 g/mol. The van der Waals surface area contributed by atoms with E-state index in [0.717, 1.165) is 5.69 Å². The van der Waals surface area contributed by atoms with Crippen LogP contribution in [0.25, 0.3) is 5.69 Å². The molecule has 2 heterocycles. The van der Waals surface area contributed by atoms with E-state index in [2.05, 4.69) is 5.10 Å². The number of hydrogen-bond acceptors (Lipinski definition) is 6. The summed E-state index contributed by atoms with van der Waals surface area (Å²) in [7, 11) is -3.73. The Morgan fingerprint density at radius 1 is 0.941 bits per heavy atom. The summed E-state index contributed by atoms with van der Waals surface area (Å²) >= 11 is 0. The number of amides is 1. The molecule has 1 aliphatic heterocycles. The molecule has 1 fully saturated rings. The summed E-state index contributed by atoms with van der Waals surface area (Å²) in [5.41, 5.74) is 1.42. The van der Waals surface area contributed by atoms with Gasteiger partial charge in [-0.25, -0.2) is 13.1 Å². The summed E-state index contributed by atoms with van der Waals surface area (Å²) in [4.78, 5) is 14.8. The normalized spacial score (nSPS) is 14.7. The van der Waals surface area contributed by atoms with E-state index >= 15 is 0 Å². The third-order valence-corrected chi connectivity index (χ3v) is 7.46. The van der Waals surface area contributed by atoms with Gasteiger partial charge in [0.05, 0.1) is 23.8 Å². The fourth-order valence-corrected chi connectivity index (χ4v) is 5.27. The lowest BCUT2D eigenvalue weighted by Gasteiger charge is -2.34. The van der Waals surface area contributed by atoms with Crippen molar-refractivity contribution in [2.75, 3.05) is 39.4 Å². The van der Waals surface area contributed by atoms with Crippen LogP contribution in [0, 0.1) is 0 Å². The minimum absolute atomic E-state index is 0.122. The van der Waals surface area contributed by atoms with Crippen LogP contribution in [0.1, 0.15) is 24.2 Å². The molecule has 1 aliphatic rings. The molecule has 0 saturated carbocycles. The number of hydrogen-bond donors (Lipinski definition) is 0. The van der Waals surface area contributed by atoms with Crippen LogP contribution in [0.4, 0.5) is 0 Å². The maximum Gasteiger partial charge on any atom is 0.253 e. The van der Waals surface area contributed by atoms with Crippen molar-refractivity contribution < 1.29 is 22.7 Å². The number of ether oxygens (including phenoxy) is 2. The Hall–Kier alpha value is -3.37. The molecule has 2 aromatic carbocycles. The summed E-state index contributed by atoms with van der Waals surface area (Å²) in [6.45, 7) is 5.60. The van der Waals surface area contributed by atoms with E-state index in [4.69, 9.17) is 9.47 Å². The van der Waals surface area contributed by atoms with Gasteiger partial charge in [0.2, 0.25) is 10.0 Å². The lowest BCUT2D eigenvalue weighted by molar-refractivity contribution is 0.0698. The first-order valence-corrected chi connectivity index (χ1v) is 12.7. The SMILES string of the molecule is CCOc1ccc(S(=O)(=O)N2CCN(C(=O)c3ccc(-n4cccn4)cc3)CC2)cc1OCC. The third-order valence-electron chi connectivity index (χ3n) is 5.56. The minimum Gasteiger partial charge on any atom is -0.490 e. The Labute approximate surface area is 199 Å². The van der Waals surface area contributed by atoms with Crippen LogP contribution in [-0.2, 0) is 10.0 Å². The van der Waals surface area contributed by atoms with Crippen molar-refractivity contribution in [3.8, 4) is 17.2 Å². The summed E-state index contributed by atoms with van der Waals surface area (Å²) in [6, 6.07) is 13.7. The zero-order chi connectivity index (χ0) is 24.1. The molecule has 0 spiro atoms. The van der Waals surface area contributed by atoms with Gasteiger partial charge in [0.25, 0.3) is 5.91 Å². The Bertz CT molecular complexity index is 1220. The standard InChI is InChI=1S/C24H28N4O5S/c1-3-32-22-11-10-21(18-23(22)33-4-2)34(30,31)27-16-14-26(15-17-27)24(29)19-6-8-20(9-7-19)28-13-5-12-25-28/h5-13,18H,3-4,14-17H2,1-2H3. The van der Waals surface area contributed by atoms with Gasteiger partial charge < -0.3 is 14.4 Å². The highest BCUT2D eigenvalue weighted by Crippen LogP contribution is 2.31. The lowest BCUT2D eigenvalue weighted by Crippen LogP contribution is -2.50. The average Bonchev–Trinajstić information content (AvgIpc) is 3.40. The van der Waals surface area contributed by atoms with Crippen LogP contribution in [-0.4, -0.2) is 72.7 Å². The molecular formula is C24H28N4O5S. The quantitative estimate of drug-likeness (QED) is 0.488. The zero-order valence-corrected chi connectivity index (χ0v) is 20.1. The van der Waals surface area contributed by atoms with E-state index in [0.29, 0.717) is 43.4 Å². The largest absolute Gasteiger partial charge is 0.490 e. The van der Waals surface area contributed by atoms with E-state index in [1.165, 1.54) is 16.4 Å². The maximum absolute atomic E-state index is 13.2. The summed E-state index contributed by atoms with van der Waals surface area (Å²) < 4.78 is 40.7. The fourth-order valence-electron chi connectivity index (χ4n) is 3.83. The van der Waals surface area contributed by atoms with Crippen molar-refractivity contribution in [1.82, 2.24) is 19.0 Å². The predicted molar refractivity (Wildman–Crippen MR) is 127 cm³/mol. The molecule has 1 aromatic heterocycles. The second kappa shape index (κ2) is 10.3. The molecule has 0 atom stereocenters. The average molecular weight is 485 g/mol. The number of aromatic nitrogens is 2. The van der Waals surface area contributed by atoms with Crippen LogP contribution in [0.3, 0.4) is 0 Å². The van der Waals surface area contributed by atoms with E-state index in [1.54, 1.807) is 34.0 Å². The number of piperazine rings is 1. The Kier molecular flexibility index (Phi) is 7.18. The smallest absolute Gasteiger partial charge is 0.253 e. The topological polar surface area (TPSA) is 94.0 Å². The summed E-state index contributed by atoms with van der Waals surface area (Å²) in [5, 5.41) is 4.18. The Balaban J connectivity index is 1.42. The Morgan fingerprint density at radius 2 is 1.62 bits per heavy atom. The lowest BCUT2D eigenvalue weighted by atomic mass is 10.1. The Morgan fingerprint density at radius 3 is 2.24 bits per heavy atom. The first-order valence-electron chi connectivity index (χ1n) is 11.2. The van der Waals surface area contributed by atoms with Gasteiger partial charge in [-0.05, 0) is 56.3 Å². The van der Waals surface area contributed by atoms with Crippen molar-refractivity contribution >= 4 is 15.9 Å². The number of benzene rings is 2. The molecule has 0 aliphatic carbocycles.